The van der Waals surface area contributed by atoms with Crippen LogP contribution >= 0.6 is 0 Å². The molecule has 0 saturated carbocycles. The first-order valence-electron chi connectivity index (χ1n) is 5.47. The number of rotatable bonds is 5. The van der Waals surface area contributed by atoms with E-state index in [9.17, 15) is 9.59 Å². The first-order valence-corrected chi connectivity index (χ1v) is 5.47. The van der Waals surface area contributed by atoms with Crippen molar-refractivity contribution in [1.82, 2.24) is 4.90 Å². The predicted molar refractivity (Wildman–Crippen MR) is 54.9 cm³/mol. The summed E-state index contributed by atoms with van der Waals surface area (Å²) in [6, 6.07) is -0.190. The highest BCUT2D eigenvalue weighted by Crippen LogP contribution is 2.24. The van der Waals surface area contributed by atoms with E-state index in [1.165, 1.54) is 0 Å². The Morgan fingerprint density at radius 1 is 1.57 bits per heavy atom. The number of hydrogen-bond donors (Lipinski definition) is 0. The molecule has 1 saturated heterocycles. The van der Waals surface area contributed by atoms with Crippen molar-refractivity contribution in [2.24, 2.45) is 5.92 Å². The van der Waals surface area contributed by atoms with Gasteiger partial charge in [-0.1, -0.05) is 20.3 Å². The van der Waals surface area contributed by atoms with Crippen molar-refractivity contribution < 1.29 is 9.59 Å². The number of nitrogens with zero attached hydrogens (tertiary/aromatic N) is 1. The number of hydrogen-bond acceptors (Lipinski definition) is 2. The van der Waals surface area contributed by atoms with Crippen molar-refractivity contribution in [3.05, 3.63) is 0 Å². The normalized spacial score (nSPS) is 24.0. The molecule has 14 heavy (non-hydrogen) atoms. The van der Waals surface area contributed by atoms with E-state index in [0.717, 1.165) is 32.1 Å². The van der Waals surface area contributed by atoms with Crippen molar-refractivity contribution in [3.63, 3.8) is 0 Å². The molecule has 80 valence electrons. The second-order valence-corrected chi connectivity index (χ2v) is 4.02. The molecule has 1 fully saturated rings. The van der Waals surface area contributed by atoms with Gasteiger partial charge >= 0.3 is 0 Å². The number of carbonyl (C=O) groups excluding carboxylic acids is 2. The van der Waals surface area contributed by atoms with Crippen LogP contribution in [0.5, 0.6) is 0 Å². The van der Waals surface area contributed by atoms with Crippen LogP contribution in [0.2, 0.25) is 0 Å². The summed E-state index contributed by atoms with van der Waals surface area (Å²) in [5, 5.41) is 0. The summed E-state index contributed by atoms with van der Waals surface area (Å²) in [5.74, 6) is 0.629. The molecule has 1 aliphatic heterocycles. The zero-order valence-electron chi connectivity index (χ0n) is 9.03. The van der Waals surface area contributed by atoms with Crippen LogP contribution in [-0.2, 0) is 9.59 Å². The van der Waals surface area contributed by atoms with Gasteiger partial charge in [-0.15, -0.1) is 0 Å². The van der Waals surface area contributed by atoms with Crippen molar-refractivity contribution in [3.8, 4) is 0 Å². The molecule has 1 aliphatic rings. The highest BCUT2D eigenvalue weighted by atomic mass is 16.2. The smallest absolute Gasteiger partial charge is 0.223 e. The largest absolute Gasteiger partial charge is 0.333 e. The fourth-order valence-corrected chi connectivity index (χ4v) is 2.12. The molecule has 0 spiro atoms. The van der Waals surface area contributed by atoms with Crippen LogP contribution in [0.25, 0.3) is 0 Å². The zero-order valence-corrected chi connectivity index (χ0v) is 9.03. The fourth-order valence-electron chi connectivity index (χ4n) is 2.12. The summed E-state index contributed by atoms with van der Waals surface area (Å²) in [6.45, 7) is 4.85. The summed E-state index contributed by atoms with van der Waals surface area (Å²) in [5.41, 5.74) is 0. The molecule has 0 aromatic rings. The molecular weight excluding hydrogens is 178 g/mol. The molecule has 3 nitrogen and oxygen atoms in total. The maximum absolute atomic E-state index is 11.6. The van der Waals surface area contributed by atoms with Crippen molar-refractivity contribution in [2.45, 2.75) is 45.6 Å². The van der Waals surface area contributed by atoms with Gasteiger partial charge in [0.1, 0.15) is 6.29 Å². The Morgan fingerprint density at radius 3 is 2.79 bits per heavy atom. The van der Waals surface area contributed by atoms with Gasteiger partial charge in [-0.2, -0.15) is 0 Å². The minimum atomic E-state index is -0.190. The zero-order chi connectivity index (χ0) is 10.6. The van der Waals surface area contributed by atoms with Crippen molar-refractivity contribution in [2.75, 3.05) is 6.54 Å². The quantitative estimate of drug-likeness (QED) is 0.628. The van der Waals surface area contributed by atoms with Crippen LogP contribution in [0, 0.1) is 5.92 Å². The molecule has 2 unspecified atom stereocenters. The summed E-state index contributed by atoms with van der Waals surface area (Å²) in [6.07, 6.45) is 4.47. The summed E-state index contributed by atoms with van der Waals surface area (Å²) in [7, 11) is 0. The van der Waals surface area contributed by atoms with E-state index in [4.69, 9.17) is 0 Å². The van der Waals surface area contributed by atoms with Crippen molar-refractivity contribution in [1.29, 1.82) is 0 Å². The van der Waals surface area contributed by atoms with Crippen LogP contribution in [0.4, 0.5) is 0 Å². The minimum absolute atomic E-state index is 0.155. The third kappa shape index (κ3) is 2.34. The highest BCUT2D eigenvalue weighted by Gasteiger charge is 2.32. The number of aldehydes is 1. The first kappa shape index (κ1) is 11.2. The van der Waals surface area contributed by atoms with Gasteiger partial charge in [0.05, 0.1) is 6.04 Å². The molecule has 1 amide bonds. The summed E-state index contributed by atoms with van der Waals surface area (Å²) >= 11 is 0. The minimum Gasteiger partial charge on any atom is -0.333 e. The second kappa shape index (κ2) is 5.13. The maximum atomic E-state index is 11.6. The molecule has 0 aromatic carbocycles. The SMILES string of the molecule is CCCC1CC(=O)N(C(C=O)CC)C1. The average molecular weight is 197 g/mol. The van der Waals surface area contributed by atoms with E-state index >= 15 is 0 Å². The van der Waals surface area contributed by atoms with Gasteiger partial charge in [0, 0.05) is 13.0 Å². The molecule has 0 aromatic heterocycles. The van der Waals surface area contributed by atoms with Gasteiger partial charge in [0.15, 0.2) is 0 Å². The standard InChI is InChI=1S/C11H19NO2/c1-3-5-9-6-11(14)12(7-9)10(4-2)8-13/h8-10H,3-7H2,1-2H3. The number of likely N-dealkylation sites (tertiary alicyclic amines) is 1. The fraction of sp³-hybridized carbons (Fsp3) is 0.818. The summed E-state index contributed by atoms with van der Waals surface area (Å²) in [4.78, 5) is 24.1. The van der Waals surface area contributed by atoms with E-state index in [2.05, 4.69) is 6.92 Å². The van der Waals surface area contributed by atoms with Crippen molar-refractivity contribution >= 4 is 12.2 Å². The first-order chi connectivity index (χ1) is 6.72. The Bertz CT molecular complexity index is 215. The van der Waals surface area contributed by atoms with Gasteiger partial charge in [-0.3, -0.25) is 4.79 Å². The van der Waals surface area contributed by atoms with Gasteiger partial charge in [0.25, 0.3) is 0 Å². The number of carbonyl (C=O) groups is 2. The maximum Gasteiger partial charge on any atom is 0.223 e. The lowest BCUT2D eigenvalue weighted by Crippen LogP contribution is -2.37. The lowest BCUT2D eigenvalue weighted by Gasteiger charge is -2.22. The lowest BCUT2D eigenvalue weighted by atomic mass is 10.0. The average Bonchev–Trinajstić information content (AvgIpc) is 2.51. The van der Waals surface area contributed by atoms with Crippen LogP contribution in [-0.4, -0.2) is 29.7 Å². The topological polar surface area (TPSA) is 37.4 Å². The second-order valence-electron chi connectivity index (χ2n) is 4.02. The molecule has 0 bridgehead atoms. The van der Waals surface area contributed by atoms with Crippen LogP contribution in [0.1, 0.15) is 39.5 Å². The summed E-state index contributed by atoms with van der Waals surface area (Å²) < 4.78 is 0. The van der Waals surface area contributed by atoms with Crippen LogP contribution < -0.4 is 0 Å². The third-order valence-electron chi connectivity index (χ3n) is 2.91. The third-order valence-corrected chi connectivity index (χ3v) is 2.91. The molecule has 0 aliphatic carbocycles. The molecule has 1 rings (SSSR count). The molecule has 2 atom stereocenters. The Balaban J connectivity index is 2.55. The lowest BCUT2D eigenvalue weighted by molar-refractivity contribution is -0.132. The van der Waals surface area contributed by atoms with E-state index in [1.54, 1.807) is 4.90 Å². The Labute approximate surface area is 85.5 Å². The van der Waals surface area contributed by atoms with E-state index in [-0.39, 0.29) is 11.9 Å². The Hall–Kier alpha value is -0.860. The highest BCUT2D eigenvalue weighted by molar-refractivity contribution is 5.82. The predicted octanol–water partition coefficient (Wildman–Crippen LogP) is 1.61. The monoisotopic (exact) mass is 197 g/mol. The molecule has 0 N–H and O–H groups in total. The molecule has 1 heterocycles. The van der Waals surface area contributed by atoms with E-state index in [0.29, 0.717) is 12.3 Å². The van der Waals surface area contributed by atoms with E-state index in [1.807, 2.05) is 6.92 Å². The molecular formula is C11H19NO2. The Morgan fingerprint density at radius 2 is 2.29 bits per heavy atom. The molecule has 0 radical (unpaired) electrons. The van der Waals surface area contributed by atoms with Gasteiger partial charge in [-0.25, -0.2) is 0 Å². The Kier molecular flexibility index (Phi) is 4.11. The van der Waals surface area contributed by atoms with E-state index < -0.39 is 0 Å². The molecule has 3 heteroatoms. The van der Waals surface area contributed by atoms with Crippen LogP contribution in [0.15, 0.2) is 0 Å². The van der Waals surface area contributed by atoms with Gasteiger partial charge in [0.2, 0.25) is 5.91 Å². The van der Waals surface area contributed by atoms with Crippen LogP contribution in [0.3, 0.4) is 0 Å². The van der Waals surface area contributed by atoms with Gasteiger partial charge < -0.3 is 9.69 Å². The number of amides is 1. The van der Waals surface area contributed by atoms with Gasteiger partial charge in [-0.05, 0) is 18.8 Å².